The Kier molecular flexibility index (Phi) is 5.63. The zero-order valence-corrected chi connectivity index (χ0v) is 14.1. The van der Waals surface area contributed by atoms with Crippen LogP contribution < -0.4 is 5.73 Å². The third-order valence-corrected chi connectivity index (χ3v) is 4.47. The van der Waals surface area contributed by atoms with Crippen molar-refractivity contribution < 1.29 is 14.6 Å². The molecule has 3 rings (SSSR count). The Morgan fingerprint density at radius 3 is 3.00 bits per heavy atom. The molecule has 1 aliphatic rings. The second-order valence-corrected chi connectivity index (χ2v) is 6.32. The van der Waals surface area contributed by atoms with Crippen LogP contribution >= 0.6 is 0 Å². The molecule has 1 aromatic carbocycles. The highest BCUT2D eigenvalue weighted by Crippen LogP contribution is 2.17. The second kappa shape index (κ2) is 8.09. The molecule has 25 heavy (non-hydrogen) atoms. The number of aryl methyl sites for hydroxylation is 1. The molecule has 6 heteroatoms. The molecule has 1 aromatic heterocycles. The molecule has 1 atom stereocenters. The maximum atomic E-state index is 11.4. The van der Waals surface area contributed by atoms with Gasteiger partial charge in [-0.05, 0) is 42.2 Å². The van der Waals surface area contributed by atoms with Gasteiger partial charge in [0.2, 0.25) is 0 Å². The van der Waals surface area contributed by atoms with Crippen LogP contribution in [0.25, 0.3) is 0 Å². The van der Waals surface area contributed by atoms with Gasteiger partial charge in [-0.2, -0.15) is 0 Å². The number of ether oxygens (including phenoxy) is 1. The number of aromatic nitrogens is 1. The van der Waals surface area contributed by atoms with Crippen molar-refractivity contribution in [2.45, 2.75) is 25.5 Å². The Morgan fingerprint density at radius 1 is 1.36 bits per heavy atom. The third-order valence-electron chi connectivity index (χ3n) is 4.47. The molecule has 2 aromatic rings. The number of hydrogen-bond acceptors (Lipinski definition) is 5. The number of anilines is 1. The molecule has 1 aliphatic heterocycles. The summed E-state index contributed by atoms with van der Waals surface area (Å²) in [6.45, 7) is 2.91. The second-order valence-electron chi connectivity index (χ2n) is 6.32. The van der Waals surface area contributed by atoms with Gasteiger partial charge >= 0.3 is 5.97 Å². The summed E-state index contributed by atoms with van der Waals surface area (Å²) in [4.78, 5) is 17.6. The molecule has 1 fully saturated rings. The Labute approximate surface area is 147 Å². The van der Waals surface area contributed by atoms with Crippen LogP contribution in [0.1, 0.15) is 27.9 Å². The summed E-state index contributed by atoms with van der Waals surface area (Å²) in [5.74, 6) is -0.343. The highest BCUT2D eigenvalue weighted by Gasteiger charge is 2.22. The standard InChI is InChI=1S/C19H23N3O3/c20-18-11-14(7-8-21-18)5-6-16-13-22(9-10-25-16)12-15-3-1-2-4-17(15)19(23)24/h1-4,7-8,11,16H,5-6,9-10,12-13H2,(H2,20,21)(H,23,24)/t16-/m0/s1. The third kappa shape index (κ3) is 4.78. The predicted molar refractivity (Wildman–Crippen MR) is 95.4 cm³/mol. The summed E-state index contributed by atoms with van der Waals surface area (Å²) in [6.07, 6.45) is 3.65. The van der Waals surface area contributed by atoms with Gasteiger partial charge in [-0.15, -0.1) is 0 Å². The summed E-state index contributed by atoms with van der Waals surface area (Å²) in [5.41, 5.74) is 8.09. The number of benzene rings is 1. The lowest BCUT2D eigenvalue weighted by molar-refractivity contribution is -0.0346. The van der Waals surface area contributed by atoms with Gasteiger partial charge in [-0.1, -0.05) is 18.2 Å². The van der Waals surface area contributed by atoms with Crippen molar-refractivity contribution in [3.05, 3.63) is 59.3 Å². The number of morpholine rings is 1. The molecule has 132 valence electrons. The van der Waals surface area contributed by atoms with Crippen molar-refractivity contribution in [1.29, 1.82) is 0 Å². The fraction of sp³-hybridized carbons (Fsp3) is 0.368. The Balaban J connectivity index is 1.57. The first-order chi connectivity index (χ1) is 12.1. The first-order valence-corrected chi connectivity index (χ1v) is 8.47. The van der Waals surface area contributed by atoms with E-state index in [0.29, 0.717) is 24.5 Å². The fourth-order valence-electron chi connectivity index (χ4n) is 3.18. The number of carbonyl (C=O) groups is 1. The van der Waals surface area contributed by atoms with Crippen LogP contribution in [0.4, 0.5) is 5.82 Å². The van der Waals surface area contributed by atoms with E-state index in [2.05, 4.69) is 9.88 Å². The zero-order chi connectivity index (χ0) is 17.6. The number of hydrogen-bond donors (Lipinski definition) is 2. The van der Waals surface area contributed by atoms with E-state index in [1.165, 1.54) is 0 Å². The van der Waals surface area contributed by atoms with Crippen LogP contribution in [0.2, 0.25) is 0 Å². The summed E-state index contributed by atoms with van der Waals surface area (Å²) in [6, 6.07) is 11.0. The van der Waals surface area contributed by atoms with Crippen molar-refractivity contribution in [3.8, 4) is 0 Å². The number of carboxylic acids is 1. The molecule has 1 saturated heterocycles. The van der Waals surface area contributed by atoms with E-state index < -0.39 is 5.97 Å². The number of carboxylic acid groups (broad SMARTS) is 1. The highest BCUT2D eigenvalue weighted by atomic mass is 16.5. The van der Waals surface area contributed by atoms with Gasteiger partial charge in [-0.25, -0.2) is 9.78 Å². The lowest BCUT2D eigenvalue weighted by atomic mass is 10.0. The molecule has 2 heterocycles. The van der Waals surface area contributed by atoms with Crippen molar-refractivity contribution in [3.63, 3.8) is 0 Å². The van der Waals surface area contributed by atoms with Crippen molar-refractivity contribution in [1.82, 2.24) is 9.88 Å². The minimum Gasteiger partial charge on any atom is -0.478 e. The normalized spacial score (nSPS) is 18.2. The topological polar surface area (TPSA) is 88.7 Å². The molecular weight excluding hydrogens is 318 g/mol. The molecule has 0 saturated carbocycles. The van der Waals surface area contributed by atoms with E-state index in [-0.39, 0.29) is 6.10 Å². The average Bonchev–Trinajstić information content (AvgIpc) is 2.61. The van der Waals surface area contributed by atoms with Crippen LogP contribution in [-0.4, -0.2) is 46.8 Å². The van der Waals surface area contributed by atoms with Gasteiger partial charge in [0.15, 0.2) is 0 Å². The zero-order valence-electron chi connectivity index (χ0n) is 14.1. The molecule has 0 bridgehead atoms. The Bertz CT molecular complexity index is 735. The number of rotatable bonds is 6. The first-order valence-electron chi connectivity index (χ1n) is 8.47. The minimum atomic E-state index is -0.879. The van der Waals surface area contributed by atoms with Crippen LogP contribution in [0.3, 0.4) is 0 Å². The Morgan fingerprint density at radius 2 is 2.20 bits per heavy atom. The molecule has 0 aliphatic carbocycles. The van der Waals surface area contributed by atoms with Crippen molar-refractivity contribution in [2.75, 3.05) is 25.4 Å². The lowest BCUT2D eigenvalue weighted by Gasteiger charge is -2.33. The van der Waals surface area contributed by atoms with E-state index in [1.54, 1.807) is 18.3 Å². The molecular formula is C19H23N3O3. The monoisotopic (exact) mass is 341 g/mol. The van der Waals surface area contributed by atoms with Crippen LogP contribution in [0.15, 0.2) is 42.6 Å². The van der Waals surface area contributed by atoms with E-state index in [1.807, 2.05) is 24.3 Å². The number of nitrogens with zero attached hydrogens (tertiary/aromatic N) is 2. The predicted octanol–water partition coefficient (Wildman–Crippen LogP) is 2.20. The van der Waals surface area contributed by atoms with Crippen LogP contribution in [0, 0.1) is 0 Å². The maximum absolute atomic E-state index is 11.4. The molecule has 6 nitrogen and oxygen atoms in total. The number of aromatic carboxylic acids is 1. The molecule has 0 unspecified atom stereocenters. The molecule has 3 N–H and O–H groups in total. The van der Waals surface area contributed by atoms with Crippen molar-refractivity contribution >= 4 is 11.8 Å². The number of pyridine rings is 1. The van der Waals surface area contributed by atoms with E-state index in [9.17, 15) is 9.90 Å². The minimum absolute atomic E-state index is 0.139. The maximum Gasteiger partial charge on any atom is 0.336 e. The van der Waals surface area contributed by atoms with Gasteiger partial charge in [-0.3, -0.25) is 4.90 Å². The van der Waals surface area contributed by atoms with E-state index >= 15 is 0 Å². The average molecular weight is 341 g/mol. The van der Waals surface area contributed by atoms with Gasteiger partial charge in [0.05, 0.1) is 18.3 Å². The van der Waals surface area contributed by atoms with Gasteiger partial charge in [0.1, 0.15) is 5.82 Å². The Hall–Kier alpha value is -2.44. The quantitative estimate of drug-likeness (QED) is 0.837. The van der Waals surface area contributed by atoms with Crippen LogP contribution in [-0.2, 0) is 17.7 Å². The highest BCUT2D eigenvalue weighted by molar-refractivity contribution is 5.89. The summed E-state index contributed by atoms with van der Waals surface area (Å²) < 4.78 is 5.87. The largest absolute Gasteiger partial charge is 0.478 e. The smallest absolute Gasteiger partial charge is 0.336 e. The van der Waals surface area contributed by atoms with Crippen LogP contribution in [0.5, 0.6) is 0 Å². The van der Waals surface area contributed by atoms with Crippen molar-refractivity contribution in [2.24, 2.45) is 0 Å². The summed E-state index contributed by atoms with van der Waals surface area (Å²) >= 11 is 0. The van der Waals surface area contributed by atoms with Gasteiger partial charge < -0.3 is 15.6 Å². The number of nitrogen functional groups attached to an aromatic ring is 1. The van der Waals surface area contributed by atoms with E-state index in [4.69, 9.17) is 10.5 Å². The summed E-state index contributed by atoms with van der Waals surface area (Å²) in [5, 5.41) is 9.32. The van der Waals surface area contributed by atoms with Gasteiger partial charge in [0, 0.05) is 25.8 Å². The first kappa shape index (κ1) is 17.4. The fourth-order valence-corrected chi connectivity index (χ4v) is 3.18. The molecule has 0 radical (unpaired) electrons. The SMILES string of the molecule is Nc1cc(CC[C@H]2CN(Cc3ccccc3C(=O)O)CCO2)ccn1. The summed E-state index contributed by atoms with van der Waals surface area (Å²) in [7, 11) is 0. The molecule has 0 amide bonds. The van der Waals surface area contributed by atoms with Gasteiger partial charge in [0.25, 0.3) is 0 Å². The number of nitrogens with two attached hydrogens (primary N) is 1. The van der Waals surface area contributed by atoms with E-state index in [0.717, 1.165) is 37.1 Å². The lowest BCUT2D eigenvalue weighted by Crippen LogP contribution is -2.42. The molecule has 0 spiro atoms.